The fourth-order valence-electron chi connectivity index (χ4n) is 3.34. The molecule has 0 saturated carbocycles. The summed E-state index contributed by atoms with van der Waals surface area (Å²) in [6, 6.07) is 7.75. The highest BCUT2D eigenvalue weighted by Gasteiger charge is 2.59. The number of benzene rings is 1. The molecular formula is C21H18Cl2F3N3O3. The summed E-state index contributed by atoms with van der Waals surface area (Å²) in [5.41, 5.74) is -2.74. The Labute approximate surface area is 191 Å². The number of carbonyl (C=O) groups excluding carboxylic acids is 1. The van der Waals surface area contributed by atoms with Gasteiger partial charge in [-0.05, 0) is 42.3 Å². The first kappa shape index (κ1) is 24.0. The fourth-order valence-corrected chi connectivity index (χ4v) is 3.86. The smallest absolute Gasteiger partial charge is 0.422 e. The van der Waals surface area contributed by atoms with E-state index in [1.54, 1.807) is 6.92 Å². The number of carbonyl (C=O) groups is 1. The predicted molar refractivity (Wildman–Crippen MR) is 113 cm³/mol. The Hall–Kier alpha value is -2.62. The maximum Gasteiger partial charge on any atom is 0.422 e. The third kappa shape index (κ3) is 4.46. The molecule has 2 unspecified atom stereocenters. The van der Waals surface area contributed by atoms with E-state index in [2.05, 4.69) is 15.2 Å². The van der Waals surface area contributed by atoms with E-state index in [1.807, 2.05) is 0 Å². The summed E-state index contributed by atoms with van der Waals surface area (Å²) in [5, 5.41) is 17.2. The molecule has 3 aromatic rings. The van der Waals surface area contributed by atoms with Crippen LogP contribution in [0.5, 0.6) is 0 Å². The molecule has 32 heavy (non-hydrogen) atoms. The first-order chi connectivity index (χ1) is 15.0. The number of halogens is 5. The van der Waals surface area contributed by atoms with Crippen molar-refractivity contribution in [2.24, 2.45) is 0 Å². The van der Waals surface area contributed by atoms with Gasteiger partial charge in [-0.2, -0.15) is 18.3 Å². The molecule has 3 rings (SSSR count). The van der Waals surface area contributed by atoms with Crippen LogP contribution in [0, 0.1) is 0 Å². The molecular weight excluding hydrogens is 470 g/mol. The molecule has 0 saturated heterocycles. The van der Waals surface area contributed by atoms with Crippen molar-refractivity contribution in [1.29, 1.82) is 0 Å². The number of hydrogen-bond donors (Lipinski definition) is 2. The summed E-state index contributed by atoms with van der Waals surface area (Å²) in [5.74, 6) is -2.08. The van der Waals surface area contributed by atoms with E-state index in [0.29, 0.717) is 11.3 Å². The van der Waals surface area contributed by atoms with Crippen molar-refractivity contribution in [3.05, 3.63) is 69.6 Å². The van der Waals surface area contributed by atoms with Gasteiger partial charge in [-0.15, -0.1) is 0 Å². The van der Waals surface area contributed by atoms with Crippen LogP contribution < -0.4 is 0 Å². The number of ether oxygens (including phenoxy) is 1. The van der Waals surface area contributed by atoms with Crippen LogP contribution in [0.3, 0.4) is 0 Å². The molecule has 2 aromatic heterocycles. The van der Waals surface area contributed by atoms with Crippen molar-refractivity contribution in [3.63, 3.8) is 0 Å². The molecule has 0 aliphatic carbocycles. The number of aromatic amines is 1. The molecule has 0 fully saturated rings. The quantitative estimate of drug-likeness (QED) is 0.353. The Morgan fingerprint density at radius 1 is 1.22 bits per heavy atom. The molecule has 0 bridgehead atoms. The Balaban J connectivity index is 1.99. The zero-order chi connectivity index (χ0) is 23.7. The van der Waals surface area contributed by atoms with Gasteiger partial charge in [-0.25, -0.2) is 9.78 Å². The minimum absolute atomic E-state index is 0.0153. The number of H-pyrrole nitrogens is 1. The lowest BCUT2D eigenvalue weighted by atomic mass is 9.78. The molecule has 1 aromatic carbocycles. The highest BCUT2D eigenvalue weighted by atomic mass is 35.5. The molecule has 0 amide bonds. The van der Waals surface area contributed by atoms with Crippen LogP contribution in [0.1, 0.15) is 41.4 Å². The van der Waals surface area contributed by atoms with E-state index in [-0.39, 0.29) is 28.0 Å². The summed E-state index contributed by atoms with van der Waals surface area (Å²) >= 11 is 12.1. The second-order valence-electron chi connectivity index (χ2n) is 6.98. The number of aromatic nitrogens is 3. The normalized spacial score (nSPS) is 14.6. The molecule has 11 heteroatoms. The predicted octanol–water partition coefficient (Wildman–Crippen LogP) is 5.51. The maximum atomic E-state index is 14.1. The van der Waals surface area contributed by atoms with Crippen molar-refractivity contribution >= 4 is 29.2 Å². The van der Waals surface area contributed by atoms with Crippen molar-refractivity contribution in [2.75, 3.05) is 6.61 Å². The van der Waals surface area contributed by atoms with Crippen molar-refractivity contribution in [2.45, 2.75) is 31.5 Å². The summed E-state index contributed by atoms with van der Waals surface area (Å²) in [7, 11) is 0. The molecule has 0 radical (unpaired) electrons. The largest absolute Gasteiger partial charge is 0.461 e. The summed E-state index contributed by atoms with van der Waals surface area (Å²) in [6.45, 7) is 3.07. The minimum Gasteiger partial charge on any atom is -0.461 e. The van der Waals surface area contributed by atoms with Gasteiger partial charge in [0.25, 0.3) is 0 Å². The zero-order valence-electron chi connectivity index (χ0n) is 16.9. The van der Waals surface area contributed by atoms with E-state index < -0.39 is 29.2 Å². The van der Waals surface area contributed by atoms with Gasteiger partial charge in [0.15, 0.2) is 5.60 Å². The van der Waals surface area contributed by atoms with Gasteiger partial charge in [-0.3, -0.25) is 5.10 Å². The molecule has 2 atom stereocenters. The zero-order valence-corrected chi connectivity index (χ0v) is 18.4. The molecule has 0 spiro atoms. The molecule has 2 N–H and O–H groups in total. The van der Waals surface area contributed by atoms with E-state index >= 15 is 0 Å². The lowest BCUT2D eigenvalue weighted by Crippen LogP contribution is -2.46. The average Bonchev–Trinajstić information content (AvgIpc) is 3.22. The second kappa shape index (κ2) is 9.09. The summed E-state index contributed by atoms with van der Waals surface area (Å²) in [6.07, 6.45) is -3.94. The summed E-state index contributed by atoms with van der Waals surface area (Å²) in [4.78, 5) is 15.5. The van der Waals surface area contributed by atoms with Crippen molar-refractivity contribution < 1.29 is 27.8 Å². The van der Waals surface area contributed by atoms with Gasteiger partial charge >= 0.3 is 12.1 Å². The lowest BCUT2D eigenvalue weighted by Gasteiger charge is -2.37. The van der Waals surface area contributed by atoms with Crippen LogP contribution in [0.4, 0.5) is 13.2 Å². The average molecular weight is 488 g/mol. The highest BCUT2D eigenvalue weighted by Crippen LogP contribution is 2.50. The number of pyridine rings is 1. The molecule has 6 nitrogen and oxygen atoms in total. The highest BCUT2D eigenvalue weighted by molar-refractivity contribution is 6.31. The SMILES string of the molecule is CCOC(=O)c1cc(-c2ccc(C(C)C(O)(c3ccnc(Cl)c3)C(F)(F)F)c(Cl)c2)n[nH]1. The Kier molecular flexibility index (Phi) is 6.83. The van der Waals surface area contributed by atoms with Crippen LogP contribution in [-0.4, -0.2) is 39.0 Å². The molecule has 0 aliphatic heterocycles. The number of aliphatic hydroxyl groups is 1. The minimum atomic E-state index is -5.03. The number of esters is 1. The number of nitrogens with one attached hydrogen (secondary N) is 1. The molecule has 170 valence electrons. The first-order valence-corrected chi connectivity index (χ1v) is 10.2. The maximum absolute atomic E-state index is 14.1. The van der Waals surface area contributed by atoms with Gasteiger partial charge in [0.1, 0.15) is 10.8 Å². The van der Waals surface area contributed by atoms with Gasteiger partial charge in [0.05, 0.1) is 12.3 Å². The number of hydrogen-bond acceptors (Lipinski definition) is 5. The standard InChI is InChI=1S/C21H18Cl2F3N3O3/c1-3-32-19(30)17-10-16(28-29-17)12-4-5-14(15(22)8-12)11(2)20(31,21(24,25)26)13-6-7-27-18(23)9-13/h4-11,31H,3H2,1-2H3,(H,28,29). The number of rotatable bonds is 6. The monoisotopic (exact) mass is 487 g/mol. The third-order valence-electron chi connectivity index (χ3n) is 5.06. The van der Waals surface area contributed by atoms with Crippen LogP contribution in [-0.2, 0) is 10.3 Å². The fraction of sp³-hybridized carbons (Fsp3) is 0.286. The van der Waals surface area contributed by atoms with Gasteiger partial charge < -0.3 is 9.84 Å². The topological polar surface area (TPSA) is 88.1 Å². The van der Waals surface area contributed by atoms with E-state index in [1.165, 1.54) is 31.2 Å². The van der Waals surface area contributed by atoms with Crippen LogP contribution >= 0.6 is 23.2 Å². The van der Waals surface area contributed by atoms with Crippen molar-refractivity contribution in [1.82, 2.24) is 15.2 Å². The van der Waals surface area contributed by atoms with Crippen molar-refractivity contribution in [3.8, 4) is 11.3 Å². The number of alkyl halides is 3. The van der Waals surface area contributed by atoms with Gasteiger partial charge in [-0.1, -0.05) is 42.3 Å². The third-order valence-corrected chi connectivity index (χ3v) is 5.60. The Morgan fingerprint density at radius 3 is 2.53 bits per heavy atom. The molecule has 0 aliphatic rings. The summed E-state index contributed by atoms with van der Waals surface area (Å²) < 4.78 is 47.1. The van der Waals surface area contributed by atoms with Crippen LogP contribution in [0.15, 0.2) is 42.6 Å². The van der Waals surface area contributed by atoms with Crippen LogP contribution in [0.2, 0.25) is 10.2 Å². The Morgan fingerprint density at radius 2 is 1.94 bits per heavy atom. The van der Waals surface area contributed by atoms with Gasteiger partial charge in [0.2, 0.25) is 0 Å². The van der Waals surface area contributed by atoms with Gasteiger partial charge in [0, 0.05) is 22.7 Å². The first-order valence-electron chi connectivity index (χ1n) is 9.42. The second-order valence-corrected chi connectivity index (χ2v) is 7.77. The molecule has 2 heterocycles. The van der Waals surface area contributed by atoms with E-state index in [9.17, 15) is 23.1 Å². The van der Waals surface area contributed by atoms with Crippen LogP contribution in [0.25, 0.3) is 11.3 Å². The number of nitrogens with zero attached hydrogens (tertiary/aromatic N) is 2. The van der Waals surface area contributed by atoms with E-state index in [0.717, 1.165) is 18.3 Å². The lowest BCUT2D eigenvalue weighted by molar-refractivity contribution is -0.274. The van der Waals surface area contributed by atoms with E-state index in [4.69, 9.17) is 27.9 Å². The Bertz CT molecular complexity index is 1140.